The SMILES string of the molecule is CCCCC/C=C/CC/C=C/C(O)C(COP(=O)(O)OCC[N+](C)(C)C)NC(=O)CCCCCCCCCCCCCC/C=C\C/C=C\C/C=C\CCCCCCC. The van der Waals surface area contributed by atoms with Gasteiger partial charge >= 0.3 is 7.82 Å². The number of hydrogen-bond donors (Lipinski definition) is 3. The van der Waals surface area contributed by atoms with E-state index in [0.717, 1.165) is 51.4 Å². The molecule has 0 aromatic heterocycles. The first-order valence-electron chi connectivity index (χ1n) is 23.7. The van der Waals surface area contributed by atoms with Crippen LogP contribution >= 0.6 is 7.82 Å². The topological polar surface area (TPSA) is 105 Å². The van der Waals surface area contributed by atoms with Crippen molar-refractivity contribution >= 4 is 13.7 Å². The van der Waals surface area contributed by atoms with Crippen LogP contribution in [0.5, 0.6) is 0 Å². The smallest absolute Gasteiger partial charge is 0.387 e. The van der Waals surface area contributed by atoms with Crippen LogP contribution in [-0.4, -0.2) is 73.4 Å². The van der Waals surface area contributed by atoms with Gasteiger partial charge in [0, 0.05) is 6.42 Å². The van der Waals surface area contributed by atoms with E-state index in [-0.39, 0.29) is 19.1 Å². The Labute approximate surface area is 358 Å². The molecular formula is C49H92N2O6P+. The van der Waals surface area contributed by atoms with E-state index in [4.69, 9.17) is 9.05 Å². The molecule has 3 atom stereocenters. The molecule has 0 aromatic rings. The minimum Gasteiger partial charge on any atom is -0.387 e. The van der Waals surface area contributed by atoms with Crippen LogP contribution in [-0.2, 0) is 18.4 Å². The molecule has 0 saturated heterocycles. The predicted molar refractivity (Wildman–Crippen MR) is 249 cm³/mol. The van der Waals surface area contributed by atoms with Gasteiger partial charge in [-0.25, -0.2) is 4.57 Å². The largest absolute Gasteiger partial charge is 0.472 e. The highest BCUT2D eigenvalue weighted by atomic mass is 31.2. The van der Waals surface area contributed by atoms with Gasteiger partial charge in [-0.2, -0.15) is 0 Å². The van der Waals surface area contributed by atoms with Crippen LogP contribution in [0.3, 0.4) is 0 Å². The van der Waals surface area contributed by atoms with E-state index in [0.29, 0.717) is 17.4 Å². The summed E-state index contributed by atoms with van der Waals surface area (Å²) < 4.78 is 23.5. The van der Waals surface area contributed by atoms with Crippen molar-refractivity contribution in [1.29, 1.82) is 0 Å². The fraction of sp³-hybridized carbons (Fsp3) is 0.776. The van der Waals surface area contributed by atoms with E-state index >= 15 is 0 Å². The molecule has 0 aromatic carbocycles. The predicted octanol–water partition coefficient (Wildman–Crippen LogP) is 13.4. The van der Waals surface area contributed by atoms with Gasteiger partial charge in [-0.15, -0.1) is 0 Å². The van der Waals surface area contributed by atoms with Crippen molar-refractivity contribution < 1.29 is 32.9 Å². The quantitative estimate of drug-likeness (QED) is 0.0245. The standard InChI is InChI=1S/C49H91N2O6P/c1-6-8-10-12-14-16-17-18-19-20-21-22-23-24-25-26-27-28-29-30-31-32-33-35-37-39-41-43-49(53)50-47(46-57-58(54,55)56-45-44-51(3,4)5)48(52)42-40-38-36-34-15-13-11-9-7-2/h15,17-18,20-21,23-24,34,40,42,47-48,52H,6-14,16,19,22,25-33,35-39,41,43-46H2,1-5H3,(H-,50,53,54,55)/p+1/b18-17-,21-20-,24-23-,34-15+,42-40+. The molecule has 0 bridgehead atoms. The first kappa shape index (κ1) is 56.2. The monoisotopic (exact) mass is 836 g/mol. The van der Waals surface area contributed by atoms with Gasteiger partial charge in [-0.1, -0.05) is 177 Å². The number of carbonyl (C=O) groups excluding carboxylic acids is 1. The van der Waals surface area contributed by atoms with Crippen molar-refractivity contribution in [2.24, 2.45) is 0 Å². The molecule has 0 aliphatic heterocycles. The fourth-order valence-electron chi connectivity index (χ4n) is 6.42. The summed E-state index contributed by atoms with van der Waals surface area (Å²) in [6.45, 7) is 4.71. The van der Waals surface area contributed by atoms with E-state index in [1.807, 2.05) is 27.2 Å². The minimum absolute atomic E-state index is 0.0535. The first-order valence-corrected chi connectivity index (χ1v) is 25.2. The van der Waals surface area contributed by atoms with Gasteiger partial charge in [0.05, 0.1) is 39.9 Å². The van der Waals surface area contributed by atoms with Gasteiger partial charge in [0.25, 0.3) is 0 Å². The Morgan fingerprint density at radius 2 is 1.00 bits per heavy atom. The second kappa shape index (κ2) is 40.6. The van der Waals surface area contributed by atoms with E-state index in [9.17, 15) is 19.4 Å². The molecule has 0 fully saturated rings. The van der Waals surface area contributed by atoms with Gasteiger partial charge in [-0.3, -0.25) is 13.8 Å². The summed E-state index contributed by atoms with van der Waals surface area (Å²) in [5.74, 6) is -0.194. The highest BCUT2D eigenvalue weighted by molar-refractivity contribution is 7.47. The van der Waals surface area contributed by atoms with Gasteiger partial charge in [0.15, 0.2) is 0 Å². The number of phosphoric ester groups is 1. The lowest BCUT2D eigenvalue weighted by Gasteiger charge is -2.25. The maximum absolute atomic E-state index is 12.8. The Hall–Kier alpha value is -1.80. The van der Waals surface area contributed by atoms with Crippen LogP contribution in [0.2, 0.25) is 0 Å². The normalized spacial score (nSPS) is 14.8. The van der Waals surface area contributed by atoms with E-state index in [1.165, 1.54) is 122 Å². The number of nitrogens with one attached hydrogen (secondary N) is 1. The number of carbonyl (C=O) groups is 1. The number of unbranched alkanes of at least 4 members (excludes halogenated alkanes) is 21. The molecule has 58 heavy (non-hydrogen) atoms. The van der Waals surface area contributed by atoms with Gasteiger partial charge < -0.3 is 19.8 Å². The number of likely N-dealkylation sites (N-methyl/N-ethyl adjacent to an activating group) is 1. The molecule has 0 spiro atoms. The molecular weight excluding hydrogens is 744 g/mol. The summed E-state index contributed by atoms with van der Waals surface area (Å²) in [6, 6.07) is -0.863. The summed E-state index contributed by atoms with van der Waals surface area (Å²) in [5.41, 5.74) is 0. The van der Waals surface area contributed by atoms with Gasteiger partial charge in [0.1, 0.15) is 13.2 Å². The van der Waals surface area contributed by atoms with Crippen molar-refractivity contribution in [2.45, 2.75) is 206 Å². The molecule has 3 unspecified atom stereocenters. The Balaban J connectivity index is 4.15. The number of allylic oxidation sites excluding steroid dienone is 9. The molecule has 0 heterocycles. The number of hydrogen-bond acceptors (Lipinski definition) is 5. The minimum atomic E-state index is -4.34. The van der Waals surface area contributed by atoms with Gasteiger partial charge in [0.2, 0.25) is 5.91 Å². The molecule has 1 amide bonds. The zero-order chi connectivity index (χ0) is 42.8. The Morgan fingerprint density at radius 3 is 1.53 bits per heavy atom. The van der Waals surface area contributed by atoms with Gasteiger partial charge in [-0.05, 0) is 70.6 Å². The lowest BCUT2D eigenvalue weighted by Crippen LogP contribution is -2.45. The van der Waals surface area contributed by atoms with Crippen LogP contribution < -0.4 is 5.32 Å². The molecule has 0 radical (unpaired) electrons. The second-order valence-electron chi connectivity index (χ2n) is 17.1. The van der Waals surface area contributed by atoms with E-state index in [2.05, 4.69) is 67.8 Å². The van der Waals surface area contributed by atoms with Crippen molar-refractivity contribution in [1.82, 2.24) is 5.32 Å². The lowest BCUT2D eigenvalue weighted by atomic mass is 10.0. The Bertz CT molecular complexity index is 1130. The fourth-order valence-corrected chi connectivity index (χ4v) is 7.15. The third kappa shape index (κ3) is 42.3. The summed E-state index contributed by atoms with van der Waals surface area (Å²) >= 11 is 0. The van der Waals surface area contributed by atoms with Crippen LogP contribution in [0.1, 0.15) is 194 Å². The number of aliphatic hydroxyl groups excluding tert-OH is 1. The molecule has 338 valence electrons. The molecule has 8 nitrogen and oxygen atoms in total. The molecule has 0 rings (SSSR count). The lowest BCUT2D eigenvalue weighted by molar-refractivity contribution is -0.870. The third-order valence-electron chi connectivity index (χ3n) is 10.2. The van der Waals surface area contributed by atoms with Crippen molar-refractivity contribution in [3.63, 3.8) is 0 Å². The van der Waals surface area contributed by atoms with Crippen LogP contribution in [0.25, 0.3) is 0 Å². The summed E-state index contributed by atoms with van der Waals surface area (Å²) in [5, 5.41) is 13.7. The summed E-state index contributed by atoms with van der Waals surface area (Å²) in [7, 11) is 1.54. The molecule has 0 aliphatic carbocycles. The Kier molecular flexibility index (Phi) is 39.3. The molecule has 9 heteroatoms. The number of amides is 1. The van der Waals surface area contributed by atoms with Crippen molar-refractivity contribution in [2.75, 3.05) is 40.9 Å². The average Bonchev–Trinajstić information content (AvgIpc) is 3.17. The third-order valence-corrected chi connectivity index (χ3v) is 11.2. The summed E-state index contributed by atoms with van der Waals surface area (Å²) in [4.78, 5) is 23.1. The van der Waals surface area contributed by atoms with E-state index in [1.54, 1.807) is 6.08 Å². The van der Waals surface area contributed by atoms with Crippen LogP contribution in [0.4, 0.5) is 0 Å². The second-order valence-corrected chi connectivity index (χ2v) is 18.6. The highest BCUT2D eigenvalue weighted by Gasteiger charge is 2.27. The van der Waals surface area contributed by atoms with Crippen molar-refractivity contribution in [3.05, 3.63) is 60.8 Å². The zero-order valence-corrected chi connectivity index (χ0v) is 39.2. The molecule has 3 N–H and O–H groups in total. The molecule has 0 aliphatic rings. The Morgan fingerprint density at radius 1 is 0.586 bits per heavy atom. The van der Waals surface area contributed by atoms with Crippen molar-refractivity contribution in [3.8, 4) is 0 Å². The van der Waals surface area contributed by atoms with Crippen LogP contribution in [0, 0.1) is 0 Å². The summed E-state index contributed by atoms with van der Waals surface area (Å²) in [6.07, 6.45) is 53.2. The average molecular weight is 836 g/mol. The number of rotatable bonds is 42. The highest BCUT2D eigenvalue weighted by Crippen LogP contribution is 2.43. The first-order chi connectivity index (χ1) is 28.0. The molecule has 0 saturated carbocycles. The number of quaternary nitrogens is 1. The maximum atomic E-state index is 12.8. The number of nitrogens with zero attached hydrogens (tertiary/aromatic N) is 1. The number of aliphatic hydroxyl groups is 1. The zero-order valence-electron chi connectivity index (χ0n) is 38.3. The van der Waals surface area contributed by atoms with Crippen LogP contribution in [0.15, 0.2) is 60.8 Å². The van der Waals surface area contributed by atoms with E-state index < -0.39 is 20.0 Å². The number of phosphoric acid groups is 1. The maximum Gasteiger partial charge on any atom is 0.472 e.